The number of likely N-dealkylation sites (tertiary alicyclic amines) is 1. The number of hydrogen-bond acceptors (Lipinski definition) is 3. The van der Waals surface area contributed by atoms with Crippen LogP contribution in [0.5, 0.6) is 0 Å². The SMILES string of the molecule is CC(C)(C)C(=O)N1CCC[C@@H](Cc2ccc(-c3ccn[nH]3)nc2)C1. The Morgan fingerprint density at radius 2 is 2.17 bits per heavy atom. The number of piperidine rings is 1. The van der Waals surface area contributed by atoms with Gasteiger partial charge in [-0.15, -0.1) is 0 Å². The molecule has 1 aliphatic heterocycles. The molecule has 128 valence electrons. The van der Waals surface area contributed by atoms with Crippen LogP contribution in [0.2, 0.25) is 0 Å². The summed E-state index contributed by atoms with van der Waals surface area (Å²) in [6.45, 7) is 7.74. The van der Waals surface area contributed by atoms with Crippen molar-refractivity contribution in [2.24, 2.45) is 11.3 Å². The second-order valence-electron chi connectivity index (χ2n) is 7.74. The molecule has 5 heteroatoms. The third-order valence-electron chi connectivity index (χ3n) is 4.57. The van der Waals surface area contributed by atoms with Crippen molar-refractivity contribution in [3.8, 4) is 11.4 Å². The molecule has 0 radical (unpaired) electrons. The minimum absolute atomic E-state index is 0.264. The van der Waals surface area contributed by atoms with E-state index in [0.717, 1.165) is 37.3 Å². The van der Waals surface area contributed by atoms with Gasteiger partial charge < -0.3 is 4.90 Å². The van der Waals surface area contributed by atoms with Crippen molar-refractivity contribution in [2.45, 2.75) is 40.0 Å². The largest absolute Gasteiger partial charge is 0.342 e. The van der Waals surface area contributed by atoms with Gasteiger partial charge in [-0.25, -0.2) is 0 Å². The van der Waals surface area contributed by atoms with E-state index >= 15 is 0 Å². The van der Waals surface area contributed by atoms with Crippen LogP contribution in [0, 0.1) is 11.3 Å². The van der Waals surface area contributed by atoms with Crippen LogP contribution in [0.1, 0.15) is 39.2 Å². The Morgan fingerprint density at radius 1 is 1.33 bits per heavy atom. The maximum absolute atomic E-state index is 12.5. The van der Waals surface area contributed by atoms with Gasteiger partial charge in [0.2, 0.25) is 5.91 Å². The Morgan fingerprint density at radius 3 is 2.79 bits per heavy atom. The standard InChI is InChI=1S/C19H26N4O/c1-19(2,3)18(24)23-10-4-5-15(13-23)11-14-6-7-16(20-12-14)17-8-9-21-22-17/h6-9,12,15H,4-5,10-11,13H2,1-3H3,(H,21,22)/t15-/m0/s1. The fraction of sp³-hybridized carbons (Fsp3) is 0.526. The molecular weight excluding hydrogens is 300 g/mol. The first-order chi connectivity index (χ1) is 11.4. The third-order valence-corrected chi connectivity index (χ3v) is 4.57. The predicted octanol–water partition coefficient (Wildman–Crippen LogP) is 3.30. The molecule has 1 N–H and O–H groups in total. The van der Waals surface area contributed by atoms with Crippen molar-refractivity contribution in [1.29, 1.82) is 0 Å². The van der Waals surface area contributed by atoms with E-state index in [1.54, 1.807) is 6.20 Å². The zero-order valence-electron chi connectivity index (χ0n) is 14.7. The Kier molecular flexibility index (Phi) is 4.69. The fourth-order valence-electron chi connectivity index (χ4n) is 3.33. The molecule has 0 aliphatic carbocycles. The van der Waals surface area contributed by atoms with Gasteiger partial charge in [-0.05, 0) is 42.9 Å². The number of nitrogens with zero attached hydrogens (tertiary/aromatic N) is 3. The summed E-state index contributed by atoms with van der Waals surface area (Å²) < 4.78 is 0. The molecule has 3 heterocycles. The van der Waals surface area contributed by atoms with Gasteiger partial charge in [0.05, 0.1) is 11.4 Å². The van der Waals surface area contributed by atoms with Gasteiger partial charge in [-0.3, -0.25) is 14.9 Å². The molecule has 5 nitrogen and oxygen atoms in total. The van der Waals surface area contributed by atoms with Crippen molar-refractivity contribution in [3.63, 3.8) is 0 Å². The average molecular weight is 326 g/mol. The van der Waals surface area contributed by atoms with Gasteiger partial charge in [0.15, 0.2) is 0 Å². The van der Waals surface area contributed by atoms with Crippen LogP contribution in [0.3, 0.4) is 0 Å². The molecule has 0 aromatic carbocycles. The lowest BCUT2D eigenvalue weighted by molar-refractivity contribution is -0.141. The number of amides is 1. The number of H-pyrrole nitrogens is 1. The van der Waals surface area contributed by atoms with Crippen LogP contribution in [-0.2, 0) is 11.2 Å². The van der Waals surface area contributed by atoms with E-state index in [-0.39, 0.29) is 11.3 Å². The molecule has 0 unspecified atom stereocenters. The minimum Gasteiger partial charge on any atom is -0.342 e. The molecule has 2 aromatic heterocycles. The fourth-order valence-corrected chi connectivity index (χ4v) is 3.33. The lowest BCUT2D eigenvalue weighted by Crippen LogP contribution is -2.45. The van der Waals surface area contributed by atoms with E-state index in [1.165, 1.54) is 12.0 Å². The van der Waals surface area contributed by atoms with Crippen LogP contribution in [0.25, 0.3) is 11.4 Å². The molecule has 0 bridgehead atoms. The highest BCUT2D eigenvalue weighted by Crippen LogP contribution is 2.25. The Balaban J connectivity index is 1.62. The molecule has 1 aliphatic rings. The summed E-state index contributed by atoms with van der Waals surface area (Å²) in [5.74, 6) is 0.782. The van der Waals surface area contributed by atoms with Crippen molar-refractivity contribution in [1.82, 2.24) is 20.1 Å². The van der Waals surface area contributed by atoms with E-state index in [2.05, 4.69) is 21.2 Å². The minimum atomic E-state index is -0.296. The normalized spacial score (nSPS) is 18.6. The van der Waals surface area contributed by atoms with Gasteiger partial charge in [-0.2, -0.15) is 5.10 Å². The lowest BCUT2D eigenvalue weighted by atomic mass is 9.88. The van der Waals surface area contributed by atoms with Gasteiger partial charge in [-0.1, -0.05) is 26.8 Å². The molecule has 1 atom stereocenters. The zero-order valence-corrected chi connectivity index (χ0v) is 14.7. The number of hydrogen-bond donors (Lipinski definition) is 1. The van der Waals surface area contributed by atoms with Crippen LogP contribution in [0.4, 0.5) is 0 Å². The number of nitrogens with one attached hydrogen (secondary N) is 1. The third kappa shape index (κ3) is 3.83. The molecule has 3 rings (SSSR count). The Bertz CT molecular complexity index is 670. The van der Waals surface area contributed by atoms with E-state index in [0.29, 0.717) is 5.92 Å². The highest BCUT2D eigenvalue weighted by Gasteiger charge is 2.30. The molecular formula is C19H26N4O. The summed E-state index contributed by atoms with van der Waals surface area (Å²) in [7, 11) is 0. The molecule has 1 amide bonds. The molecule has 2 aromatic rings. The summed E-state index contributed by atoms with van der Waals surface area (Å²) in [6, 6.07) is 6.08. The van der Waals surface area contributed by atoms with Gasteiger partial charge in [0.25, 0.3) is 0 Å². The number of carbonyl (C=O) groups is 1. The lowest BCUT2D eigenvalue weighted by Gasteiger charge is -2.36. The number of carbonyl (C=O) groups excluding carboxylic acids is 1. The molecule has 0 saturated carbocycles. The first-order valence-electron chi connectivity index (χ1n) is 8.67. The first-order valence-corrected chi connectivity index (χ1v) is 8.67. The summed E-state index contributed by atoms with van der Waals surface area (Å²) in [4.78, 5) is 19.1. The van der Waals surface area contributed by atoms with Crippen molar-refractivity contribution in [2.75, 3.05) is 13.1 Å². The maximum atomic E-state index is 12.5. The van der Waals surface area contributed by atoms with Crippen molar-refractivity contribution < 1.29 is 4.79 Å². The highest BCUT2D eigenvalue weighted by atomic mass is 16.2. The molecule has 24 heavy (non-hydrogen) atoms. The molecule has 0 spiro atoms. The molecule has 1 saturated heterocycles. The smallest absolute Gasteiger partial charge is 0.227 e. The Hall–Kier alpha value is -2.17. The monoisotopic (exact) mass is 326 g/mol. The second kappa shape index (κ2) is 6.75. The maximum Gasteiger partial charge on any atom is 0.227 e. The van der Waals surface area contributed by atoms with E-state index in [4.69, 9.17) is 0 Å². The number of aromatic nitrogens is 3. The van der Waals surface area contributed by atoms with E-state index < -0.39 is 0 Å². The van der Waals surface area contributed by atoms with Crippen LogP contribution in [0.15, 0.2) is 30.6 Å². The summed E-state index contributed by atoms with van der Waals surface area (Å²) in [5.41, 5.74) is 2.77. The zero-order chi connectivity index (χ0) is 17.2. The first kappa shape index (κ1) is 16.7. The van der Waals surface area contributed by atoms with Crippen LogP contribution < -0.4 is 0 Å². The highest BCUT2D eigenvalue weighted by molar-refractivity contribution is 5.81. The topological polar surface area (TPSA) is 61.9 Å². The summed E-state index contributed by atoms with van der Waals surface area (Å²) >= 11 is 0. The van der Waals surface area contributed by atoms with Crippen LogP contribution in [-0.4, -0.2) is 39.1 Å². The van der Waals surface area contributed by atoms with Gasteiger partial charge in [0, 0.05) is 30.9 Å². The summed E-state index contributed by atoms with van der Waals surface area (Å²) in [5, 5.41) is 6.89. The average Bonchev–Trinajstić information content (AvgIpc) is 3.09. The second-order valence-corrected chi connectivity index (χ2v) is 7.74. The summed E-state index contributed by atoms with van der Waals surface area (Å²) in [6.07, 6.45) is 6.92. The number of aromatic amines is 1. The Labute approximate surface area is 143 Å². The predicted molar refractivity (Wildman–Crippen MR) is 94.3 cm³/mol. The van der Waals surface area contributed by atoms with Crippen molar-refractivity contribution in [3.05, 3.63) is 36.2 Å². The van der Waals surface area contributed by atoms with Crippen LogP contribution >= 0.6 is 0 Å². The van der Waals surface area contributed by atoms with E-state index in [1.807, 2.05) is 44.0 Å². The van der Waals surface area contributed by atoms with Crippen molar-refractivity contribution >= 4 is 5.91 Å². The van der Waals surface area contributed by atoms with Gasteiger partial charge in [0.1, 0.15) is 0 Å². The number of pyridine rings is 1. The quantitative estimate of drug-likeness (QED) is 0.941. The van der Waals surface area contributed by atoms with E-state index in [9.17, 15) is 4.79 Å². The van der Waals surface area contributed by atoms with Gasteiger partial charge >= 0.3 is 0 Å². The number of rotatable bonds is 3. The molecule has 1 fully saturated rings.